The van der Waals surface area contributed by atoms with Gasteiger partial charge in [-0.1, -0.05) is 31.5 Å². The van der Waals surface area contributed by atoms with Crippen molar-refractivity contribution in [1.82, 2.24) is 0 Å². The van der Waals surface area contributed by atoms with E-state index in [9.17, 15) is 0 Å². The number of benzene rings is 1. The van der Waals surface area contributed by atoms with Crippen molar-refractivity contribution in [2.24, 2.45) is 5.92 Å². The number of piperidine rings is 1. The largest absolute Gasteiger partial charge is 0.325 e. The van der Waals surface area contributed by atoms with E-state index in [1.807, 2.05) is 11.8 Å². The molecule has 0 spiro atoms. The smallest absolute Gasteiger partial charge is 0.0880 e. The Morgan fingerprint density at radius 3 is 2.44 bits per heavy atom. The summed E-state index contributed by atoms with van der Waals surface area (Å²) in [5.41, 5.74) is 0. The van der Waals surface area contributed by atoms with Gasteiger partial charge in [0.05, 0.1) is 26.7 Å². The number of likely N-dealkylation sites (tertiary alicyclic amines) is 1. The van der Waals surface area contributed by atoms with E-state index in [1.165, 1.54) is 54.0 Å². The van der Waals surface area contributed by atoms with Crippen LogP contribution in [0.4, 0.5) is 0 Å². The van der Waals surface area contributed by atoms with Gasteiger partial charge in [-0.2, -0.15) is 0 Å². The first-order chi connectivity index (χ1) is 8.72. The second-order valence-electron chi connectivity index (χ2n) is 5.80. The fourth-order valence-corrected chi connectivity index (χ4v) is 3.89. The summed E-state index contributed by atoms with van der Waals surface area (Å²) in [6.07, 6.45) is 4.24. The lowest BCUT2D eigenvalue weighted by atomic mass is 9.93. The van der Waals surface area contributed by atoms with Crippen LogP contribution >= 0.6 is 11.8 Å². The van der Waals surface area contributed by atoms with Gasteiger partial charge in [0.15, 0.2) is 0 Å². The minimum atomic E-state index is 0.998. The maximum atomic E-state index is 2.44. The molecule has 0 N–H and O–H groups in total. The highest BCUT2D eigenvalue weighted by Gasteiger charge is 2.28. The second kappa shape index (κ2) is 6.63. The zero-order valence-electron chi connectivity index (χ0n) is 11.8. The highest BCUT2D eigenvalue weighted by molar-refractivity contribution is 7.99. The Hall–Kier alpha value is -0.470. The molecule has 0 aromatic heterocycles. The fourth-order valence-electron chi connectivity index (χ4n) is 2.78. The molecule has 0 saturated carbocycles. The van der Waals surface area contributed by atoms with Gasteiger partial charge in [-0.15, -0.1) is 11.8 Å². The molecule has 1 nitrogen and oxygen atoms in total. The van der Waals surface area contributed by atoms with Crippen LogP contribution in [0.5, 0.6) is 0 Å². The maximum Gasteiger partial charge on any atom is 0.0880 e. The number of hydrogen-bond donors (Lipinski definition) is 0. The lowest BCUT2D eigenvalue weighted by Crippen LogP contribution is -2.50. The van der Waals surface area contributed by atoms with E-state index < -0.39 is 0 Å². The van der Waals surface area contributed by atoms with Crippen LogP contribution in [0.1, 0.15) is 26.2 Å². The average molecular weight is 264 g/mol. The molecule has 1 aromatic rings. The summed E-state index contributed by atoms with van der Waals surface area (Å²) >= 11 is 2.00. The van der Waals surface area contributed by atoms with E-state index in [4.69, 9.17) is 0 Å². The molecule has 0 bridgehead atoms. The Morgan fingerprint density at radius 2 is 1.83 bits per heavy atom. The summed E-state index contributed by atoms with van der Waals surface area (Å²) in [5.74, 6) is 2.25. The summed E-state index contributed by atoms with van der Waals surface area (Å²) in [5, 5.41) is 0. The topological polar surface area (TPSA) is 0 Å². The molecular formula is C16H26NS+. The predicted octanol–water partition coefficient (Wildman–Crippen LogP) is 4.05. The SMILES string of the molecule is CCC1CC[N+](C)(CCSc2ccccc2)CC1. The first kappa shape index (κ1) is 14.0. The van der Waals surface area contributed by atoms with E-state index in [2.05, 4.69) is 44.3 Å². The lowest BCUT2D eigenvalue weighted by molar-refractivity contribution is -0.912. The summed E-state index contributed by atoms with van der Waals surface area (Å²) in [4.78, 5) is 1.41. The summed E-state index contributed by atoms with van der Waals surface area (Å²) in [6.45, 7) is 6.42. The molecule has 1 fully saturated rings. The van der Waals surface area contributed by atoms with Crippen molar-refractivity contribution in [1.29, 1.82) is 0 Å². The van der Waals surface area contributed by atoms with Crippen LogP contribution in [0.3, 0.4) is 0 Å². The zero-order valence-corrected chi connectivity index (χ0v) is 12.6. The van der Waals surface area contributed by atoms with Gasteiger partial charge in [0.2, 0.25) is 0 Å². The standard InChI is InChI=1S/C16H26NS/c1-3-15-9-11-17(2,12-10-15)13-14-18-16-7-5-4-6-8-16/h4-8,15H,3,9-14H2,1-2H3/q+1. The lowest BCUT2D eigenvalue weighted by Gasteiger charge is -2.40. The minimum Gasteiger partial charge on any atom is -0.325 e. The van der Waals surface area contributed by atoms with E-state index >= 15 is 0 Å². The maximum absolute atomic E-state index is 2.44. The van der Waals surface area contributed by atoms with Gasteiger partial charge in [-0.05, 0) is 30.9 Å². The normalized spacial score (nSPS) is 28.2. The molecule has 0 radical (unpaired) electrons. The molecule has 0 aliphatic carbocycles. The molecule has 0 amide bonds. The van der Waals surface area contributed by atoms with Crippen LogP contribution in [-0.4, -0.2) is 36.9 Å². The van der Waals surface area contributed by atoms with Gasteiger partial charge in [0, 0.05) is 10.6 Å². The van der Waals surface area contributed by atoms with Crippen LogP contribution in [-0.2, 0) is 0 Å². The third kappa shape index (κ3) is 4.03. The van der Waals surface area contributed by atoms with Gasteiger partial charge in [0.1, 0.15) is 0 Å². The van der Waals surface area contributed by atoms with Gasteiger partial charge >= 0.3 is 0 Å². The number of quaternary nitrogens is 1. The highest BCUT2D eigenvalue weighted by Crippen LogP contribution is 2.25. The monoisotopic (exact) mass is 264 g/mol. The average Bonchev–Trinajstić information content (AvgIpc) is 2.41. The first-order valence-electron chi connectivity index (χ1n) is 7.23. The van der Waals surface area contributed by atoms with Gasteiger partial charge in [-0.25, -0.2) is 0 Å². The third-order valence-corrected chi connectivity index (χ3v) is 5.37. The summed E-state index contributed by atoms with van der Waals surface area (Å²) < 4.78 is 1.29. The molecule has 1 aromatic carbocycles. The third-order valence-electron chi connectivity index (χ3n) is 4.37. The highest BCUT2D eigenvalue weighted by atomic mass is 32.2. The Bertz CT molecular complexity index is 341. The quantitative estimate of drug-likeness (QED) is 0.571. The molecule has 0 atom stereocenters. The molecule has 0 unspecified atom stereocenters. The molecule has 1 aliphatic heterocycles. The van der Waals surface area contributed by atoms with Crippen molar-refractivity contribution in [3.63, 3.8) is 0 Å². The second-order valence-corrected chi connectivity index (χ2v) is 6.97. The zero-order chi connectivity index (χ0) is 12.8. The van der Waals surface area contributed by atoms with Crippen molar-refractivity contribution in [2.45, 2.75) is 31.1 Å². The Labute approximate surface area is 116 Å². The molecule has 2 heteroatoms. The molecule has 1 aliphatic rings. The number of nitrogens with zero attached hydrogens (tertiary/aromatic N) is 1. The van der Waals surface area contributed by atoms with Crippen LogP contribution in [0, 0.1) is 5.92 Å². The molecule has 2 rings (SSSR count). The van der Waals surface area contributed by atoms with Crippen molar-refractivity contribution in [3.8, 4) is 0 Å². The van der Waals surface area contributed by atoms with Crippen molar-refractivity contribution in [2.75, 3.05) is 32.4 Å². The molecule has 1 heterocycles. The van der Waals surface area contributed by atoms with Crippen molar-refractivity contribution in [3.05, 3.63) is 30.3 Å². The van der Waals surface area contributed by atoms with E-state index in [-0.39, 0.29) is 0 Å². The predicted molar refractivity (Wildman–Crippen MR) is 81.0 cm³/mol. The molecule has 18 heavy (non-hydrogen) atoms. The van der Waals surface area contributed by atoms with Gasteiger partial charge in [0.25, 0.3) is 0 Å². The molecule has 1 saturated heterocycles. The van der Waals surface area contributed by atoms with Crippen LogP contribution in [0.25, 0.3) is 0 Å². The van der Waals surface area contributed by atoms with Crippen LogP contribution in [0.15, 0.2) is 35.2 Å². The summed E-state index contributed by atoms with van der Waals surface area (Å²) in [7, 11) is 2.44. The fraction of sp³-hybridized carbons (Fsp3) is 0.625. The van der Waals surface area contributed by atoms with Crippen LogP contribution in [0.2, 0.25) is 0 Å². The van der Waals surface area contributed by atoms with Crippen molar-refractivity contribution < 1.29 is 4.48 Å². The van der Waals surface area contributed by atoms with Gasteiger partial charge in [-0.3, -0.25) is 0 Å². The minimum absolute atomic E-state index is 0.998. The summed E-state index contributed by atoms with van der Waals surface area (Å²) in [6, 6.07) is 10.8. The first-order valence-corrected chi connectivity index (χ1v) is 8.22. The van der Waals surface area contributed by atoms with Gasteiger partial charge < -0.3 is 4.48 Å². The molecule has 100 valence electrons. The number of hydrogen-bond acceptors (Lipinski definition) is 1. The van der Waals surface area contributed by atoms with Crippen molar-refractivity contribution >= 4 is 11.8 Å². The Morgan fingerprint density at radius 1 is 1.17 bits per heavy atom. The van der Waals surface area contributed by atoms with E-state index in [0.29, 0.717) is 0 Å². The van der Waals surface area contributed by atoms with Crippen LogP contribution < -0.4 is 0 Å². The van der Waals surface area contributed by atoms with E-state index in [1.54, 1.807) is 0 Å². The number of rotatable bonds is 5. The van der Waals surface area contributed by atoms with E-state index in [0.717, 1.165) is 5.92 Å². The molecular weight excluding hydrogens is 238 g/mol. The Balaban J connectivity index is 1.73. The Kier molecular flexibility index (Phi) is 5.13. The number of thioether (sulfide) groups is 1.